The highest BCUT2D eigenvalue weighted by Crippen LogP contribution is 2.42. The van der Waals surface area contributed by atoms with Gasteiger partial charge in [-0.2, -0.15) is 0 Å². The smallest absolute Gasteiger partial charge is 0.250 e. The van der Waals surface area contributed by atoms with Crippen LogP contribution in [0.1, 0.15) is 74.3 Å². The van der Waals surface area contributed by atoms with Crippen LogP contribution in [0.4, 0.5) is 5.69 Å². The molecular weight excluding hydrogens is 476 g/mol. The van der Waals surface area contributed by atoms with E-state index in [2.05, 4.69) is 49.6 Å². The van der Waals surface area contributed by atoms with Crippen LogP contribution in [0.5, 0.6) is 5.75 Å². The van der Waals surface area contributed by atoms with Crippen LogP contribution < -0.4 is 16.2 Å². The number of imidazole rings is 1. The Morgan fingerprint density at radius 3 is 2.36 bits per heavy atom. The lowest BCUT2D eigenvalue weighted by Gasteiger charge is -2.24. The molecule has 194 valence electrons. The number of carbonyl (C=O) groups is 1. The number of aryl methyl sites for hydroxylation is 1. The average molecular weight is 513 g/mol. The Kier molecular flexibility index (Phi) is 8.37. The molecule has 0 aliphatic rings. The van der Waals surface area contributed by atoms with Gasteiger partial charge in [-0.1, -0.05) is 56.6 Å². The fraction of sp³-hybridized carbons (Fsp3) is 0.429. The van der Waals surface area contributed by atoms with E-state index in [1.54, 1.807) is 6.07 Å². The molecule has 2 aromatic carbocycles. The molecule has 0 aliphatic carbocycles. The minimum Gasteiger partial charge on any atom is -0.489 e. The molecular formula is C28H37ClN4O3. The van der Waals surface area contributed by atoms with Crippen LogP contribution >= 0.6 is 11.6 Å². The molecule has 36 heavy (non-hydrogen) atoms. The lowest BCUT2D eigenvalue weighted by molar-refractivity contribution is 0.100. The molecule has 8 heteroatoms. The van der Waals surface area contributed by atoms with Crippen LogP contribution in [0.2, 0.25) is 5.02 Å². The van der Waals surface area contributed by atoms with E-state index in [4.69, 9.17) is 32.8 Å². The predicted octanol–water partition coefficient (Wildman–Crippen LogP) is 5.22. The standard InChI is InChI=1S/C28H37ClN4O3/c1-16(2)36-25-20(14-21(26(31)35)24(30)23(25)29)19(11-12-34)13-17-7-9-18(10-8-17)22-15-33(6)27(32-22)28(3,4)5/h7-10,14-16,19,34H,11-13,30H2,1-6H3,(H2,31,35). The number of halogens is 1. The zero-order valence-electron chi connectivity index (χ0n) is 21.9. The van der Waals surface area contributed by atoms with E-state index in [0.717, 1.165) is 22.6 Å². The van der Waals surface area contributed by atoms with Crippen molar-refractivity contribution in [2.45, 2.75) is 64.9 Å². The van der Waals surface area contributed by atoms with Crippen LogP contribution in [-0.4, -0.2) is 33.3 Å². The van der Waals surface area contributed by atoms with Crippen LogP contribution in [0.15, 0.2) is 36.5 Å². The number of nitrogen functional groups attached to an aromatic ring is 1. The van der Waals surface area contributed by atoms with Crippen molar-refractivity contribution < 1.29 is 14.6 Å². The number of nitrogens with two attached hydrogens (primary N) is 2. The molecule has 5 N–H and O–H groups in total. The van der Waals surface area contributed by atoms with Crippen molar-refractivity contribution in [3.8, 4) is 17.0 Å². The molecule has 0 spiro atoms. The van der Waals surface area contributed by atoms with Gasteiger partial charge in [-0.15, -0.1) is 0 Å². The lowest BCUT2D eigenvalue weighted by atomic mass is 9.87. The van der Waals surface area contributed by atoms with E-state index < -0.39 is 5.91 Å². The monoisotopic (exact) mass is 512 g/mol. The van der Waals surface area contributed by atoms with E-state index in [1.165, 1.54) is 0 Å². The molecule has 0 aliphatic heterocycles. The molecule has 0 bridgehead atoms. The molecule has 1 unspecified atom stereocenters. The summed E-state index contributed by atoms with van der Waals surface area (Å²) < 4.78 is 8.09. The predicted molar refractivity (Wildman–Crippen MR) is 146 cm³/mol. The van der Waals surface area contributed by atoms with Crippen LogP contribution in [0.25, 0.3) is 11.3 Å². The third-order valence-electron chi connectivity index (χ3n) is 6.10. The summed E-state index contributed by atoms with van der Waals surface area (Å²) in [5.74, 6) is 0.608. The van der Waals surface area contributed by atoms with Crippen molar-refractivity contribution in [3.63, 3.8) is 0 Å². The number of aromatic nitrogens is 2. The maximum atomic E-state index is 12.0. The third-order valence-corrected chi connectivity index (χ3v) is 6.48. The van der Waals surface area contributed by atoms with Gasteiger partial charge in [0.15, 0.2) is 0 Å². The fourth-order valence-corrected chi connectivity index (χ4v) is 4.71. The first-order valence-electron chi connectivity index (χ1n) is 12.2. The summed E-state index contributed by atoms with van der Waals surface area (Å²) in [6.45, 7) is 10.2. The topological polar surface area (TPSA) is 116 Å². The first kappa shape index (κ1) is 27.6. The Balaban J connectivity index is 1.97. The minimum atomic E-state index is -0.663. The number of primary amides is 1. The van der Waals surface area contributed by atoms with E-state index in [1.807, 2.05) is 27.1 Å². The lowest BCUT2D eigenvalue weighted by Crippen LogP contribution is -2.18. The van der Waals surface area contributed by atoms with Crippen molar-refractivity contribution in [3.05, 3.63) is 64.1 Å². The van der Waals surface area contributed by atoms with Gasteiger partial charge in [-0.05, 0) is 44.2 Å². The maximum absolute atomic E-state index is 12.0. The summed E-state index contributed by atoms with van der Waals surface area (Å²) in [5.41, 5.74) is 15.6. The highest BCUT2D eigenvalue weighted by Gasteiger charge is 2.25. The molecule has 1 heterocycles. The number of aliphatic hydroxyl groups is 1. The van der Waals surface area contributed by atoms with Gasteiger partial charge >= 0.3 is 0 Å². The SMILES string of the molecule is CC(C)Oc1c(C(CCO)Cc2ccc(-c3cn(C)c(C(C)(C)C)n3)cc2)cc(C(N)=O)c(N)c1Cl. The van der Waals surface area contributed by atoms with Crippen molar-refractivity contribution >= 4 is 23.2 Å². The molecule has 0 saturated heterocycles. The summed E-state index contributed by atoms with van der Waals surface area (Å²) in [6, 6.07) is 9.87. The van der Waals surface area contributed by atoms with Gasteiger partial charge in [0.2, 0.25) is 0 Å². The minimum absolute atomic E-state index is 0.0404. The molecule has 1 atom stereocenters. The summed E-state index contributed by atoms with van der Waals surface area (Å²) in [7, 11) is 2.01. The largest absolute Gasteiger partial charge is 0.489 e. The number of rotatable bonds is 9. The molecule has 0 radical (unpaired) electrons. The first-order chi connectivity index (χ1) is 16.8. The Hall–Kier alpha value is -3.03. The second kappa shape index (κ2) is 10.9. The molecule has 1 amide bonds. The molecule has 1 aromatic heterocycles. The molecule has 0 saturated carbocycles. The maximum Gasteiger partial charge on any atom is 0.250 e. The van der Waals surface area contributed by atoms with Crippen molar-refractivity contribution in [2.75, 3.05) is 12.3 Å². The van der Waals surface area contributed by atoms with Gasteiger partial charge < -0.3 is 25.9 Å². The summed E-state index contributed by atoms with van der Waals surface area (Å²) in [6.07, 6.45) is 2.93. The molecule has 3 rings (SSSR count). The third kappa shape index (κ3) is 6.02. The number of hydrogen-bond donors (Lipinski definition) is 3. The van der Waals surface area contributed by atoms with Gasteiger partial charge in [0.05, 0.1) is 23.0 Å². The number of anilines is 1. The van der Waals surface area contributed by atoms with E-state index >= 15 is 0 Å². The number of amides is 1. The highest BCUT2D eigenvalue weighted by molar-refractivity contribution is 6.35. The summed E-state index contributed by atoms with van der Waals surface area (Å²) >= 11 is 6.55. The normalized spacial score (nSPS) is 12.7. The van der Waals surface area contributed by atoms with Gasteiger partial charge in [0.1, 0.15) is 16.6 Å². The van der Waals surface area contributed by atoms with Gasteiger partial charge in [-0.3, -0.25) is 4.79 Å². The van der Waals surface area contributed by atoms with Crippen molar-refractivity contribution in [1.82, 2.24) is 9.55 Å². The first-order valence-corrected chi connectivity index (χ1v) is 12.5. The Morgan fingerprint density at radius 1 is 1.22 bits per heavy atom. The van der Waals surface area contributed by atoms with Crippen LogP contribution in [0, 0.1) is 0 Å². The zero-order valence-corrected chi connectivity index (χ0v) is 22.7. The number of ether oxygens (including phenoxy) is 1. The van der Waals surface area contributed by atoms with Crippen LogP contribution in [0.3, 0.4) is 0 Å². The number of nitrogens with zero attached hydrogens (tertiary/aromatic N) is 2. The van der Waals surface area contributed by atoms with E-state index in [-0.39, 0.29) is 40.3 Å². The number of carbonyl (C=O) groups excluding carboxylic acids is 1. The molecule has 3 aromatic rings. The number of hydrogen-bond acceptors (Lipinski definition) is 5. The van der Waals surface area contributed by atoms with Gasteiger partial charge in [0.25, 0.3) is 5.91 Å². The average Bonchev–Trinajstić information content (AvgIpc) is 3.19. The van der Waals surface area contributed by atoms with Crippen molar-refractivity contribution in [2.24, 2.45) is 12.8 Å². The molecule has 0 fully saturated rings. The Bertz CT molecular complexity index is 1230. The quantitative estimate of drug-likeness (QED) is 0.340. The highest BCUT2D eigenvalue weighted by atomic mass is 35.5. The fourth-order valence-electron chi connectivity index (χ4n) is 4.45. The Morgan fingerprint density at radius 2 is 1.86 bits per heavy atom. The van der Waals surface area contributed by atoms with Crippen LogP contribution in [-0.2, 0) is 18.9 Å². The zero-order chi connectivity index (χ0) is 26.8. The second-order valence-electron chi connectivity index (χ2n) is 10.5. The molecule has 7 nitrogen and oxygen atoms in total. The number of benzene rings is 2. The summed E-state index contributed by atoms with van der Waals surface area (Å²) in [4.78, 5) is 16.9. The summed E-state index contributed by atoms with van der Waals surface area (Å²) in [5, 5.41) is 10.0. The van der Waals surface area contributed by atoms with E-state index in [0.29, 0.717) is 24.2 Å². The number of aliphatic hydroxyl groups excluding tert-OH is 1. The van der Waals surface area contributed by atoms with Gasteiger partial charge in [0, 0.05) is 36.4 Å². The van der Waals surface area contributed by atoms with Gasteiger partial charge in [-0.25, -0.2) is 4.98 Å². The van der Waals surface area contributed by atoms with Crippen molar-refractivity contribution in [1.29, 1.82) is 0 Å². The Labute approximate surface area is 218 Å². The second-order valence-corrected chi connectivity index (χ2v) is 10.9. The van der Waals surface area contributed by atoms with E-state index in [9.17, 15) is 9.90 Å².